The number of rotatable bonds is 3. The normalized spacial score (nSPS) is 25.9. The molecular weight excluding hydrogens is 314 g/mol. The van der Waals surface area contributed by atoms with Gasteiger partial charge in [0, 0.05) is 25.0 Å². The van der Waals surface area contributed by atoms with Crippen molar-refractivity contribution in [2.75, 3.05) is 12.5 Å². The van der Waals surface area contributed by atoms with Crippen LogP contribution >= 0.6 is 23.2 Å². The summed E-state index contributed by atoms with van der Waals surface area (Å²) in [6.45, 7) is 4.85. The van der Waals surface area contributed by atoms with Gasteiger partial charge in [0.05, 0.1) is 27.7 Å². The second-order valence-corrected chi connectivity index (χ2v) is 6.46. The topological polar surface area (TPSA) is 27.1 Å². The van der Waals surface area contributed by atoms with Gasteiger partial charge >= 0.3 is 0 Å². The molecule has 21 heavy (non-hydrogen) atoms. The molecule has 1 aromatic carbocycles. The second kappa shape index (κ2) is 5.41. The highest BCUT2D eigenvalue weighted by molar-refractivity contribution is 6.31. The van der Waals surface area contributed by atoms with Crippen LogP contribution in [-0.4, -0.2) is 28.1 Å². The lowest BCUT2D eigenvalue weighted by molar-refractivity contribution is 0.0764. The van der Waals surface area contributed by atoms with Crippen molar-refractivity contribution < 1.29 is 9.13 Å². The van der Waals surface area contributed by atoms with Crippen molar-refractivity contribution in [2.45, 2.75) is 38.3 Å². The number of halogens is 3. The number of aryl methyl sites for hydroxylation is 1. The zero-order valence-electron chi connectivity index (χ0n) is 12.0. The number of nitrogens with zero attached hydrogens (tertiary/aromatic N) is 2. The van der Waals surface area contributed by atoms with E-state index in [4.69, 9.17) is 27.9 Å². The summed E-state index contributed by atoms with van der Waals surface area (Å²) < 4.78 is 21.7. The van der Waals surface area contributed by atoms with E-state index in [2.05, 4.69) is 16.5 Å². The average molecular weight is 331 g/mol. The fourth-order valence-electron chi connectivity index (χ4n) is 3.06. The number of alkyl halides is 1. The van der Waals surface area contributed by atoms with Crippen LogP contribution in [0.2, 0.25) is 5.02 Å². The van der Waals surface area contributed by atoms with Crippen LogP contribution in [0.25, 0.3) is 11.0 Å². The van der Waals surface area contributed by atoms with Crippen molar-refractivity contribution in [1.82, 2.24) is 9.55 Å². The van der Waals surface area contributed by atoms with Crippen LogP contribution < -0.4 is 0 Å². The molecular formula is C15H17Cl2FN2O. The van der Waals surface area contributed by atoms with Crippen molar-refractivity contribution in [2.24, 2.45) is 0 Å². The van der Waals surface area contributed by atoms with E-state index < -0.39 is 5.82 Å². The number of ether oxygens (including phenoxy) is 1. The van der Waals surface area contributed by atoms with Crippen LogP contribution in [-0.2, 0) is 16.7 Å². The van der Waals surface area contributed by atoms with Crippen molar-refractivity contribution >= 4 is 34.2 Å². The third kappa shape index (κ3) is 2.33. The highest BCUT2D eigenvalue weighted by Crippen LogP contribution is 2.38. The molecule has 3 nitrogen and oxygen atoms in total. The minimum atomic E-state index is -0.432. The minimum absolute atomic E-state index is 0.0303. The summed E-state index contributed by atoms with van der Waals surface area (Å²) in [5.41, 5.74) is 1.19. The van der Waals surface area contributed by atoms with E-state index in [9.17, 15) is 4.39 Å². The van der Waals surface area contributed by atoms with Gasteiger partial charge in [-0.25, -0.2) is 9.37 Å². The van der Waals surface area contributed by atoms with Crippen LogP contribution in [0.1, 0.15) is 26.1 Å². The van der Waals surface area contributed by atoms with Crippen LogP contribution in [0.3, 0.4) is 0 Å². The molecule has 0 saturated carbocycles. The van der Waals surface area contributed by atoms with E-state index in [0.29, 0.717) is 24.4 Å². The Labute approximate surface area is 133 Å². The van der Waals surface area contributed by atoms with Gasteiger partial charge in [0.2, 0.25) is 0 Å². The molecule has 2 unspecified atom stereocenters. The number of benzene rings is 1. The molecule has 2 aromatic rings. The Balaban J connectivity index is 2.27. The van der Waals surface area contributed by atoms with E-state index in [1.165, 1.54) is 6.07 Å². The average Bonchev–Trinajstić information content (AvgIpc) is 2.93. The molecule has 0 spiro atoms. The molecule has 1 saturated heterocycles. The smallest absolute Gasteiger partial charge is 0.144 e. The van der Waals surface area contributed by atoms with Gasteiger partial charge in [0.15, 0.2) is 0 Å². The highest BCUT2D eigenvalue weighted by Gasteiger charge is 2.41. The number of hydrogen-bond donors (Lipinski definition) is 0. The summed E-state index contributed by atoms with van der Waals surface area (Å²) in [4.78, 5) is 4.60. The predicted molar refractivity (Wildman–Crippen MR) is 82.8 cm³/mol. The van der Waals surface area contributed by atoms with E-state index >= 15 is 0 Å². The highest BCUT2D eigenvalue weighted by atomic mass is 35.5. The Kier molecular flexibility index (Phi) is 3.89. The first-order chi connectivity index (χ1) is 9.97. The number of imidazole rings is 1. The summed E-state index contributed by atoms with van der Waals surface area (Å²) in [5, 5.41) is 0.0884. The number of hydrogen-bond acceptors (Lipinski definition) is 2. The summed E-state index contributed by atoms with van der Waals surface area (Å²) in [6.07, 6.45) is 1.51. The fraction of sp³-hybridized carbons (Fsp3) is 0.533. The largest absolute Gasteiger partial charge is 0.376 e. The molecule has 3 rings (SSSR count). The van der Waals surface area contributed by atoms with E-state index in [-0.39, 0.29) is 16.7 Å². The van der Waals surface area contributed by atoms with Crippen LogP contribution in [0.15, 0.2) is 12.1 Å². The molecule has 1 fully saturated rings. The Morgan fingerprint density at radius 2 is 2.29 bits per heavy atom. The van der Waals surface area contributed by atoms with Crippen molar-refractivity contribution in [3.05, 3.63) is 28.8 Å². The van der Waals surface area contributed by atoms with E-state index in [1.807, 2.05) is 6.92 Å². The molecule has 0 bridgehead atoms. The maximum atomic E-state index is 13.9. The maximum Gasteiger partial charge on any atom is 0.144 e. The lowest BCUT2D eigenvalue weighted by Gasteiger charge is -2.32. The zero-order valence-corrected chi connectivity index (χ0v) is 13.5. The van der Waals surface area contributed by atoms with Gasteiger partial charge in [-0.2, -0.15) is 0 Å². The Morgan fingerprint density at radius 3 is 2.90 bits per heavy atom. The molecule has 0 aliphatic carbocycles. The Hall–Kier alpha value is -0.840. The van der Waals surface area contributed by atoms with Gasteiger partial charge < -0.3 is 9.30 Å². The van der Waals surface area contributed by atoms with Gasteiger partial charge in [0.25, 0.3) is 0 Å². The number of aromatic nitrogens is 2. The Bertz CT molecular complexity index is 688. The van der Waals surface area contributed by atoms with Crippen LogP contribution in [0.4, 0.5) is 4.39 Å². The van der Waals surface area contributed by atoms with E-state index in [1.54, 1.807) is 6.07 Å². The molecule has 0 N–H and O–H groups in total. The number of fused-ring (bicyclic) bond motifs is 1. The first-order valence-corrected chi connectivity index (χ1v) is 7.93. The zero-order chi connectivity index (χ0) is 15.2. The van der Waals surface area contributed by atoms with Gasteiger partial charge in [-0.3, -0.25) is 0 Å². The van der Waals surface area contributed by atoms with Crippen LogP contribution in [0, 0.1) is 5.82 Å². The van der Waals surface area contributed by atoms with Gasteiger partial charge in [0.1, 0.15) is 11.6 Å². The second-order valence-electron chi connectivity index (χ2n) is 5.68. The molecule has 1 aliphatic heterocycles. The molecule has 1 aromatic heterocycles. The molecule has 114 valence electrons. The molecule has 0 amide bonds. The van der Waals surface area contributed by atoms with Crippen molar-refractivity contribution in [3.8, 4) is 0 Å². The molecule has 0 radical (unpaired) electrons. The summed E-state index contributed by atoms with van der Waals surface area (Å²) >= 11 is 11.8. The van der Waals surface area contributed by atoms with Gasteiger partial charge in [-0.15, -0.1) is 11.6 Å². The SMILES string of the molecule is CC1OCCC1(C)n1c(CCCl)nc2cc(Cl)c(F)cc21. The van der Waals surface area contributed by atoms with Crippen molar-refractivity contribution in [1.29, 1.82) is 0 Å². The molecule has 2 heterocycles. The molecule has 1 aliphatic rings. The summed E-state index contributed by atoms with van der Waals surface area (Å²) in [6, 6.07) is 3.03. The van der Waals surface area contributed by atoms with Gasteiger partial charge in [-0.05, 0) is 26.3 Å². The van der Waals surface area contributed by atoms with E-state index in [0.717, 1.165) is 17.8 Å². The quantitative estimate of drug-likeness (QED) is 0.791. The van der Waals surface area contributed by atoms with Crippen LogP contribution in [0.5, 0.6) is 0 Å². The predicted octanol–water partition coefficient (Wildman–Crippen LogP) is 4.13. The third-order valence-corrected chi connectivity index (χ3v) is 4.93. The summed E-state index contributed by atoms with van der Waals surface area (Å²) in [7, 11) is 0. The van der Waals surface area contributed by atoms with Gasteiger partial charge in [-0.1, -0.05) is 11.6 Å². The van der Waals surface area contributed by atoms with Crippen molar-refractivity contribution in [3.63, 3.8) is 0 Å². The first-order valence-electron chi connectivity index (χ1n) is 7.02. The fourth-order valence-corrected chi connectivity index (χ4v) is 3.39. The maximum absolute atomic E-state index is 13.9. The lowest BCUT2D eigenvalue weighted by atomic mass is 9.93. The monoisotopic (exact) mass is 330 g/mol. The lowest BCUT2D eigenvalue weighted by Crippen LogP contribution is -2.38. The standard InChI is InChI=1S/C15H17Cl2FN2O/c1-9-15(2,4-6-21-9)20-13-8-11(18)10(17)7-12(13)19-14(20)3-5-16/h7-9H,3-6H2,1-2H3. The summed E-state index contributed by atoms with van der Waals surface area (Å²) in [5.74, 6) is 0.879. The Morgan fingerprint density at radius 1 is 1.52 bits per heavy atom. The third-order valence-electron chi connectivity index (χ3n) is 4.45. The molecule has 2 atom stereocenters. The molecule has 6 heteroatoms. The minimum Gasteiger partial charge on any atom is -0.376 e. The first kappa shape index (κ1) is 15.1.